The van der Waals surface area contributed by atoms with Crippen LogP contribution in [0.4, 0.5) is 11.4 Å². The molecular weight excluding hydrogens is 578 g/mol. The summed E-state index contributed by atoms with van der Waals surface area (Å²) < 4.78 is 11.1. The van der Waals surface area contributed by atoms with Gasteiger partial charge in [0.25, 0.3) is 5.91 Å². The fourth-order valence-corrected chi connectivity index (χ4v) is 5.05. The Kier molecular flexibility index (Phi) is 10.9. The van der Waals surface area contributed by atoms with E-state index in [-0.39, 0.29) is 11.7 Å². The van der Waals surface area contributed by atoms with E-state index in [0.717, 1.165) is 11.3 Å². The van der Waals surface area contributed by atoms with Crippen molar-refractivity contribution in [3.8, 4) is 5.75 Å². The minimum absolute atomic E-state index is 0.0984. The van der Waals surface area contributed by atoms with Gasteiger partial charge in [-0.15, -0.1) is 0 Å². The normalized spacial score (nSPS) is 11.2. The third-order valence-electron chi connectivity index (χ3n) is 7.42. The molecule has 8 heteroatoms. The van der Waals surface area contributed by atoms with Crippen molar-refractivity contribution < 1.29 is 23.9 Å². The van der Waals surface area contributed by atoms with Crippen molar-refractivity contribution in [2.45, 2.75) is 18.9 Å². The summed E-state index contributed by atoms with van der Waals surface area (Å²) in [5.41, 5.74) is 3.87. The first-order valence-electron chi connectivity index (χ1n) is 15.1. The number of pyridine rings is 1. The number of aromatic nitrogens is 1. The van der Waals surface area contributed by atoms with Crippen LogP contribution in [0.1, 0.15) is 38.3 Å². The third-order valence-corrected chi connectivity index (χ3v) is 7.42. The van der Waals surface area contributed by atoms with Gasteiger partial charge in [0.05, 0.1) is 13.7 Å². The quantitative estimate of drug-likeness (QED) is 0.0854. The predicted octanol–water partition coefficient (Wildman–Crippen LogP) is 6.62. The van der Waals surface area contributed by atoms with Gasteiger partial charge in [0.2, 0.25) is 0 Å². The Morgan fingerprint density at radius 3 is 2.11 bits per heavy atom. The summed E-state index contributed by atoms with van der Waals surface area (Å²) in [5, 5.41) is 3.24. The second-order valence-corrected chi connectivity index (χ2v) is 10.5. The SMILES string of the molecule is COC(=O)C(Cc1ccc(OCCCN(C(=O)c2ccncc2)c2ccccc2)cc1)Nc1ccccc1C(=O)c1ccccc1. The van der Waals surface area contributed by atoms with E-state index >= 15 is 0 Å². The summed E-state index contributed by atoms with van der Waals surface area (Å²) in [7, 11) is 1.35. The van der Waals surface area contributed by atoms with Gasteiger partial charge in [0.15, 0.2) is 5.78 Å². The minimum atomic E-state index is -0.719. The van der Waals surface area contributed by atoms with Gasteiger partial charge in [-0.2, -0.15) is 0 Å². The highest BCUT2D eigenvalue weighted by molar-refractivity contribution is 6.12. The Morgan fingerprint density at radius 2 is 1.41 bits per heavy atom. The Hall–Kier alpha value is -5.76. The molecule has 0 fully saturated rings. The zero-order valence-electron chi connectivity index (χ0n) is 25.5. The Bertz CT molecular complexity index is 1730. The lowest BCUT2D eigenvalue weighted by Gasteiger charge is -2.23. The summed E-state index contributed by atoms with van der Waals surface area (Å²) in [4.78, 5) is 45.0. The van der Waals surface area contributed by atoms with Gasteiger partial charge >= 0.3 is 5.97 Å². The molecule has 0 aliphatic heterocycles. The van der Waals surface area contributed by atoms with Crippen LogP contribution >= 0.6 is 0 Å². The molecule has 5 aromatic rings. The molecule has 0 radical (unpaired) electrons. The Labute approximate surface area is 268 Å². The number of hydrogen-bond donors (Lipinski definition) is 1. The molecule has 4 aromatic carbocycles. The van der Waals surface area contributed by atoms with E-state index in [4.69, 9.17) is 9.47 Å². The van der Waals surface area contributed by atoms with Crippen LogP contribution in [-0.2, 0) is 16.0 Å². The highest BCUT2D eigenvalue weighted by Crippen LogP contribution is 2.23. The summed E-state index contributed by atoms with van der Waals surface area (Å²) in [6.45, 7) is 0.884. The maximum absolute atomic E-state index is 13.2. The molecule has 1 heterocycles. The van der Waals surface area contributed by atoms with Gasteiger partial charge in [-0.1, -0.05) is 72.8 Å². The molecule has 0 aliphatic carbocycles. The molecule has 1 amide bonds. The Balaban J connectivity index is 1.19. The van der Waals surface area contributed by atoms with Crippen LogP contribution in [0.15, 0.2) is 134 Å². The lowest BCUT2D eigenvalue weighted by atomic mass is 10.00. The van der Waals surface area contributed by atoms with Crippen LogP contribution in [-0.4, -0.2) is 48.9 Å². The molecule has 8 nitrogen and oxygen atoms in total. The molecule has 46 heavy (non-hydrogen) atoms. The van der Waals surface area contributed by atoms with E-state index in [1.54, 1.807) is 59.8 Å². The van der Waals surface area contributed by atoms with Gasteiger partial charge in [0.1, 0.15) is 11.8 Å². The van der Waals surface area contributed by atoms with Crippen LogP contribution < -0.4 is 15.0 Å². The number of ketones is 1. The number of carbonyl (C=O) groups excluding carboxylic acids is 3. The van der Waals surface area contributed by atoms with Crippen LogP contribution in [0.3, 0.4) is 0 Å². The topological polar surface area (TPSA) is 97.8 Å². The van der Waals surface area contributed by atoms with E-state index in [0.29, 0.717) is 54.1 Å². The molecule has 232 valence electrons. The number of para-hydroxylation sites is 2. The number of methoxy groups -OCH3 is 1. The molecule has 5 rings (SSSR count). The second kappa shape index (κ2) is 15.8. The number of hydrogen-bond acceptors (Lipinski definition) is 7. The minimum Gasteiger partial charge on any atom is -0.494 e. The molecule has 0 spiro atoms. The zero-order chi connectivity index (χ0) is 32.1. The van der Waals surface area contributed by atoms with Gasteiger partial charge in [-0.25, -0.2) is 4.79 Å². The molecular formula is C38H35N3O5. The lowest BCUT2D eigenvalue weighted by Crippen LogP contribution is -2.33. The van der Waals surface area contributed by atoms with E-state index < -0.39 is 12.0 Å². The van der Waals surface area contributed by atoms with E-state index in [9.17, 15) is 14.4 Å². The van der Waals surface area contributed by atoms with Gasteiger partial charge < -0.3 is 19.7 Å². The summed E-state index contributed by atoms with van der Waals surface area (Å²) in [6, 6.07) is 35.9. The van der Waals surface area contributed by atoms with Crippen LogP contribution in [0, 0.1) is 0 Å². The molecule has 1 unspecified atom stereocenters. The number of esters is 1. The fraction of sp³-hybridized carbons (Fsp3) is 0.158. The summed E-state index contributed by atoms with van der Waals surface area (Å²) in [5.74, 6) is 0.00430. The summed E-state index contributed by atoms with van der Waals surface area (Å²) >= 11 is 0. The van der Waals surface area contributed by atoms with Gasteiger partial charge in [0, 0.05) is 53.4 Å². The van der Waals surface area contributed by atoms with Crippen molar-refractivity contribution >= 4 is 29.0 Å². The van der Waals surface area contributed by atoms with Crippen LogP contribution in [0.25, 0.3) is 0 Å². The van der Waals surface area contributed by atoms with E-state index in [1.807, 2.05) is 78.9 Å². The largest absolute Gasteiger partial charge is 0.494 e. The average Bonchev–Trinajstić information content (AvgIpc) is 3.12. The molecule has 0 bridgehead atoms. The monoisotopic (exact) mass is 613 g/mol. The number of nitrogens with zero attached hydrogens (tertiary/aromatic N) is 2. The second-order valence-electron chi connectivity index (χ2n) is 10.5. The van der Waals surface area contributed by atoms with E-state index in [2.05, 4.69) is 10.3 Å². The third kappa shape index (κ3) is 8.24. The predicted molar refractivity (Wildman–Crippen MR) is 178 cm³/mol. The Morgan fingerprint density at radius 1 is 0.761 bits per heavy atom. The first-order valence-corrected chi connectivity index (χ1v) is 15.1. The lowest BCUT2D eigenvalue weighted by molar-refractivity contribution is -0.141. The van der Waals surface area contributed by atoms with Crippen LogP contribution in [0.5, 0.6) is 5.75 Å². The molecule has 0 saturated heterocycles. The average molecular weight is 614 g/mol. The van der Waals surface area contributed by atoms with Crippen molar-refractivity contribution in [3.63, 3.8) is 0 Å². The number of ether oxygens (including phenoxy) is 2. The maximum atomic E-state index is 13.2. The van der Waals surface area contributed by atoms with Crippen molar-refractivity contribution in [2.24, 2.45) is 0 Å². The highest BCUT2D eigenvalue weighted by Gasteiger charge is 2.23. The van der Waals surface area contributed by atoms with Crippen molar-refractivity contribution in [1.82, 2.24) is 4.98 Å². The highest BCUT2D eigenvalue weighted by atomic mass is 16.5. The standard InChI is InChI=1S/C38H35N3O5/c1-45-38(44)35(40-34-16-9-8-15-33(34)36(42)29-11-4-2-5-12-29)27-28-17-19-32(20-18-28)46-26-10-25-41(31-13-6-3-7-14-31)37(43)30-21-23-39-24-22-30/h2-9,11-24,35,40H,10,25-27H2,1H3. The number of anilines is 2. The first-order chi connectivity index (χ1) is 22.5. The molecule has 1 N–H and O–H groups in total. The number of nitrogens with one attached hydrogen (secondary N) is 1. The summed E-state index contributed by atoms with van der Waals surface area (Å²) in [6.07, 6.45) is 4.17. The van der Waals surface area contributed by atoms with Crippen molar-refractivity contribution in [1.29, 1.82) is 0 Å². The smallest absolute Gasteiger partial charge is 0.328 e. The van der Waals surface area contributed by atoms with Gasteiger partial charge in [-0.05, 0) is 60.5 Å². The number of carbonyl (C=O) groups is 3. The fourth-order valence-electron chi connectivity index (χ4n) is 5.05. The molecule has 1 aromatic heterocycles. The van der Waals surface area contributed by atoms with Crippen molar-refractivity contribution in [3.05, 3.63) is 156 Å². The number of rotatable bonds is 14. The van der Waals surface area contributed by atoms with Crippen molar-refractivity contribution in [2.75, 3.05) is 30.5 Å². The molecule has 1 atom stereocenters. The molecule has 0 saturated carbocycles. The van der Waals surface area contributed by atoms with E-state index in [1.165, 1.54) is 7.11 Å². The number of amides is 1. The maximum Gasteiger partial charge on any atom is 0.328 e. The number of benzene rings is 4. The zero-order valence-corrected chi connectivity index (χ0v) is 25.5. The molecule has 0 aliphatic rings. The van der Waals surface area contributed by atoms with Gasteiger partial charge in [-0.3, -0.25) is 14.6 Å². The van der Waals surface area contributed by atoms with Crippen LogP contribution in [0.2, 0.25) is 0 Å². The first kappa shape index (κ1) is 31.7.